The third kappa shape index (κ3) is 4.62. The van der Waals surface area contributed by atoms with Crippen LogP contribution in [-0.2, 0) is 14.3 Å². The zero-order valence-electron chi connectivity index (χ0n) is 10.5. The van der Waals surface area contributed by atoms with E-state index in [4.69, 9.17) is 9.47 Å². The summed E-state index contributed by atoms with van der Waals surface area (Å²) >= 11 is 0. The molecule has 0 saturated carbocycles. The second-order valence-corrected chi connectivity index (χ2v) is 4.35. The van der Waals surface area contributed by atoms with Crippen molar-refractivity contribution in [3.8, 4) is 0 Å². The Hall–Kier alpha value is -0.410. The molecule has 0 N–H and O–H groups in total. The Morgan fingerprint density at radius 2 is 2.31 bits per heavy atom. The SMILES string of the molecule is CCOC(CC)C(=O)CCCC1CCCO1. The Morgan fingerprint density at radius 3 is 2.88 bits per heavy atom. The molecule has 0 aromatic heterocycles. The van der Waals surface area contributed by atoms with Gasteiger partial charge < -0.3 is 9.47 Å². The molecule has 0 aromatic rings. The first-order valence-corrected chi connectivity index (χ1v) is 6.53. The highest BCUT2D eigenvalue weighted by molar-refractivity contribution is 5.82. The quantitative estimate of drug-likeness (QED) is 0.641. The predicted molar refractivity (Wildman–Crippen MR) is 63.5 cm³/mol. The molecular formula is C13H24O3. The highest BCUT2D eigenvalue weighted by atomic mass is 16.5. The van der Waals surface area contributed by atoms with E-state index in [1.54, 1.807) is 0 Å². The lowest BCUT2D eigenvalue weighted by Gasteiger charge is -2.14. The molecule has 0 bridgehead atoms. The lowest BCUT2D eigenvalue weighted by molar-refractivity contribution is -0.130. The summed E-state index contributed by atoms with van der Waals surface area (Å²) in [5, 5.41) is 0. The first kappa shape index (κ1) is 13.7. The van der Waals surface area contributed by atoms with Gasteiger partial charge in [-0.05, 0) is 39.0 Å². The fraction of sp³-hybridized carbons (Fsp3) is 0.923. The van der Waals surface area contributed by atoms with Crippen LogP contribution in [0, 0.1) is 0 Å². The summed E-state index contributed by atoms with van der Waals surface area (Å²) in [5.41, 5.74) is 0. The number of rotatable bonds is 8. The van der Waals surface area contributed by atoms with Crippen molar-refractivity contribution in [2.45, 2.75) is 64.6 Å². The van der Waals surface area contributed by atoms with Crippen LogP contribution in [0.4, 0.5) is 0 Å². The zero-order chi connectivity index (χ0) is 11.8. The molecule has 1 heterocycles. The zero-order valence-corrected chi connectivity index (χ0v) is 10.5. The van der Waals surface area contributed by atoms with E-state index in [9.17, 15) is 4.79 Å². The van der Waals surface area contributed by atoms with Crippen molar-refractivity contribution in [1.82, 2.24) is 0 Å². The van der Waals surface area contributed by atoms with Gasteiger partial charge in [0.2, 0.25) is 0 Å². The van der Waals surface area contributed by atoms with Crippen LogP contribution in [-0.4, -0.2) is 31.2 Å². The number of ketones is 1. The fourth-order valence-electron chi connectivity index (χ4n) is 2.18. The van der Waals surface area contributed by atoms with Gasteiger partial charge in [0.1, 0.15) is 6.10 Å². The van der Waals surface area contributed by atoms with Crippen LogP contribution in [0.25, 0.3) is 0 Å². The number of hydrogen-bond acceptors (Lipinski definition) is 3. The minimum absolute atomic E-state index is 0.186. The Kier molecular flexibility index (Phi) is 6.65. The van der Waals surface area contributed by atoms with Crippen molar-refractivity contribution in [3.63, 3.8) is 0 Å². The standard InChI is InChI=1S/C13H24O3/c1-3-13(15-4-2)12(14)9-5-7-11-8-6-10-16-11/h11,13H,3-10H2,1-2H3. The third-order valence-electron chi connectivity index (χ3n) is 3.07. The van der Waals surface area contributed by atoms with E-state index in [2.05, 4.69) is 0 Å². The molecule has 0 aliphatic carbocycles. The van der Waals surface area contributed by atoms with Gasteiger partial charge >= 0.3 is 0 Å². The maximum atomic E-state index is 11.8. The smallest absolute Gasteiger partial charge is 0.161 e. The van der Waals surface area contributed by atoms with Gasteiger partial charge in [-0.25, -0.2) is 0 Å². The summed E-state index contributed by atoms with van der Waals surface area (Å²) in [6.07, 6.45) is 5.94. The summed E-state index contributed by atoms with van der Waals surface area (Å²) in [7, 11) is 0. The number of carbonyl (C=O) groups is 1. The van der Waals surface area contributed by atoms with Gasteiger partial charge in [0.25, 0.3) is 0 Å². The minimum Gasteiger partial charge on any atom is -0.378 e. The average Bonchev–Trinajstić information content (AvgIpc) is 2.78. The number of carbonyl (C=O) groups excluding carboxylic acids is 1. The van der Waals surface area contributed by atoms with Gasteiger partial charge in [0.05, 0.1) is 6.10 Å². The maximum Gasteiger partial charge on any atom is 0.161 e. The summed E-state index contributed by atoms with van der Waals surface area (Å²) in [5.74, 6) is 0.252. The Balaban J connectivity index is 2.12. The molecule has 0 spiro atoms. The predicted octanol–water partition coefficient (Wildman–Crippen LogP) is 2.72. The van der Waals surface area contributed by atoms with Crippen molar-refractivity contribution in [1.29, 1.82) is 0 Å². The lowest BCUT2D eigenvalue weighted by Crippen LogP contribution is -2.23. The van der Waals surface area contributed by atoms with Gasteiger partial charge in [-0.1, -0.05) is 6.92 Å². The first-order chi connectivity index (χ1) is 7.77. The second kappa shape index (κ2) is 7.80. The molecule has 1 aliphatic heterocycles. The molecule has 1 rings (SSSR count). The van der Waals surface area contributed by atoms with E-state index in [-0.39, 0.29) is 11.9 Å². The summed E-state index contributed by atoms with van der Waals surface area (Å²) < 4.78 is 10.9. The molecule has 94 valence electrons. The molecule has 0 aromatic carbocycles. The minimum atomic E-state index is -0.186. The maximum absolute atomic E-state index is 11.8. The van der Waals surface area contributed by atoms with Crippen molar-refractivity contribution < 1.29 is 14.3 Å². The van der Waals surface area contributed by atoms with Crippen LogP contribution in [0.15, 0.2) is 0 Å². The van der Waals surface area contributed by atoms with E-state index in [0.29, 0.717) is 19.1 Å². The molecule has 16 heavy (non-hydrogen) atoms. The van der Waals surface area contributed by atoms with Crippen LogP contribution in [0.3, 0.4) is 0 Å². The van der Waals surface area contributed by atoms with Crippen molar-refractivity contribution in [2.75, 3.05) is 13.2 Å². The Bertz CT molecular complexity index is 197. The van der Waals surface area contributed by atoms with E-state index < -0.39 is 0 Å². The number of Topliss-reactive ketones (excluding diaryl/α,β-unsaturated/α-hetero) is 1. The number of ether oxygens (including phenoxy) is 2. The van der Waals surface area contributed by atoms with Crippen molar-refractivity contribution >= 4 is 5.78 Å². The average molecular weight is 228 g/mol. The monoisotopic (exact) mass is 228 g/mol. The second-order valence-electron chi connectivity index (χ2n) is 4.35. The molecule has 1 aliphatic rings. The molecule has 2 atom stereocenters. The van der Waals surface area contributed by atoms with E-state index >= 15 is 0 Å². The topological polar surface area (TPSA) is 35.5 Å². The van der Waals surface area contributed by atoms with Crippen LogP contribution in [0.2, 0.25) is 0 Å². The van der Waals surface area contributed by atoms with Gasteiger partial charge in [-0.3, -0.25) is 4.79 Å². The number of hydrogen-bond donors (Lipinski definition) is 0. The van der Waals surface area contributed by atoms with Crippen molar-refractivity contribution in [2.24, 2.45) is 0 Å². The van der Waals surface area contributed by atoms with Crippen LogP contribution < -0.4 is 0 Å². The molecular weight excluding hydrogens is 204 g/mol. The van der Waals surface area contributed by atoms with Gasteiger partial charge in [0.15, 0.2) is 5.78 Å². The highest BCUT2D eigenvalue weighted by Gasteiger charge is 2.18. The van der Waals surface area contributed by atoms with Gasteiger partial charge in [0, 0.05) is 19.6 Å². The van der Waals surface area contributed by atoms with Gasteiger partial charge in [-0.2, -0.15) is 0 Å². The molecule has 1 fully saturated rings. The van der Waals surface area contributed by atoms with Crippen LogP contribution in [0.5, 0.6) is 0 Å². The van der Waals surface area contributed by atoms with E-state index in [0.717, 1.165) is 32.3 Å². The summed E-state index contributed by atoms with van der Waals surface area (Å²) in [6.45, 7) is 5.45. The third-order valence-corrected chi connectivity index (χ3v) is 3.07. The molecule has 0 amide bonds. The van der Waals surface area contributed by atoms with E-state index in [1.807, 2.05) is 13.8 Å². The molecule has 0 radical (unpaired) electrons. The largest absolute Gasteiger partial charge is 0.378 e. The first-order valence-electron chi connectivity index (χ1n) is 6.53. The highest BCUT2D eigenvalue weighted by Crippen LogP contribution is 2.18. The summed E-state index contributed by atoms with van der Waals surface area (Å²) in [4.78, 5) is 11.8. The van der Waals surface area contributed by atoms with Crippen molar-refractivity contribution in [3.05, 3.63) is 0 Å². The molecule has 3 heteroatoms. The Morgan fingerprint density at radius 1 is 1.50 bits per heavy atom. The summed E-state index contributed by atoms with van der Waals surface area (Å²) in [6, 6.07) is 0. The van der Waals surface area contributed by atoms with Crippen LogP contribution in [0.1, 0.15) is 52.4 Å². The normalized spacial score (nSPS) is 22.2. The molecule has 3 nitrogen and oxygen atoms in total. The van der Waals surface area contributed by atoms with Crippen LogP contribution >= 0.6 is 0 Å². The van der Waals surface area contributed by atoms with E-state index in [1.165, 1.54) is 6.42 Å². The van der Waals surface area contributed by atoms with Gasteiger partial charge in [-0.15, -0.1) is 0 Å². The molecule has 1 saturated heterocycles. The Labute approximate surface area is 98.5 Å². The lowest BCUT2D eigenvalue weighted by atomic mass is 10.0. The molecule has 2 unspecified atom stereocenters. The fourth-order valence-corrected chi connectivity index (χ4v) is 2.18.